The third-order valence-corrected chi connectivity index (χ3v) is 5.98. The molecule has 3 aliphatic carbocycles. The maximum Gasteiger partial charge on any atom is 0.115 e. The highest BCUT2D eigenvalue weighted by atomic mass is 16.3. The van der Waals surface area contributed by atoms with Crippen molar-refractivity contribution < 1.29 is 5.11 Å². The molecule has 1 aromatic carbocycles. The quantitative estimate of drug-likeness (QED) is 0.723. The van der Waals surface area contributed by atoms with E-state index in [0.717, 1.165) is 11.8 Å². The molecule has 1 heteroatoms. The molecule has 1 N–H and O–H groups in total. The Morgan fingerprint density at radius 2 is 1.94 bits per heavy atom. The lowest BCUT2D eigenvalue weighted by atomic mass is 9.49. The lowest BCUT2D eigenvalue weighted by Crippen LogP contribution is -2.49. The van der Waals surface area contributed by atoms with Gasteiger partial charge in [-0.25, -0.2) is 0 Å². The van der Waals surface area contributed by atoms with Gasteiger partial charge in [0.1, 0.15) is 5.75 Å². The predicted octanol–water partition coefficient (Wildman–Crippen LogP) is 4.18. The number of phenolic OH excluding ortho intramolecular Hbond substituents is 1. The highest BCUT2D eigenvalue weighted by molar-refractivity contribution is 5.44. The Morgan fingerprint density at radius 1 is 1.06 bits per heavy atom. The van der Waals surface area contributed by atoms with Crippen molar-refractivity contribution in [3.63, 3.8) is 0 Å². The zero-order valence-corrected chi connectivity index (χ0v) is 11.0. The topological polar surface area (TPSA) is 20.2 Å². The Labute approximate surface area is 109 Å². The van der Waals surface area contributed by atoms with Crippen LogP contribution in [0, 0.1) is 11.8 Å². The summed E-state index contributed by atoms with van der Waals surface area (Å²) in [6, 6.07) is 6.17. The Kier molecular flexibility index (Phi) is 2.27. The van der Waals surface area contributed by atoms with Crippen LogP contribution in [0.5, 0.6) is 5.75 Å². The Morgan fingerprint density at radius 3 is 2.89 bits per heavy atom. The number of aromatic hydroxyl groups is 1. The summed E-state index contributed by atoms with van der Waals surface area (Å²) in [7, 11) is 0. The summed E-state index contributed by atoms with van der Waals surface area (Å²) in [4.78, 5) is 0. The first-order chi connectivity index (χ1) is 8.79. The summed E-state index contributed by atoms with van der Waals surface area (Å²) in [6.45, 7) is 0. The zero-order chi connectivity index (χ0) is 12.2. The molecule has 0 heterocycles. The van der Waals surface area contributed by atoms with Crippen molar-refractivity contribution >= 4 is 0 Å². The van der Waals surface area contributed by atoms with Crippen LogP contribution in [0.15, 0.2) is 18.2 Å². The van der Waals surface area contributed by atoms with Crippen molar-refractivity contribution in [3.8, 4) is 5.75 Å². The van der Waals surface area contributed by atoms with Crippen molar-refractivity contribution in [2.75, 3.05) is 0 Å². The summed E-state index contributed by atoms with van der Waals surface area (Å²) < 4.78 is 0. The first kappa shape index (κ1) is 10.9. The molecule has 3 aliphatic rings. The molecule has 0 aromatic heterocycles. The summed E-state index contributed by atoms with van der Waals surface area (Å²) >= 11 is 0. The molecule has 0 spiro atoms. The van der Waals surface area contributed by atoms with Crippen LogP contribution in [0.25, 0.3) is 0 Å². The number of benzene rings is 1. The maximum absolute atomic E-state index is 9.87. The van der Waals surface area contributed by atoms with Crippen LogP contribution in [-0.4, -0.2) is 5.11 Å². The van der Waals surface area contributed by atoms with Gasteiger partial charge in [-0.1, -0.05) is 25.3 Å². The molecule has 2 bridgehead atoms. The maximum atomic E-state index is 9.87. The summed E-state index contributed by atoms with van der Waals surface area (Å²) in [5, 5.41) is 9.87. The van der Waals surface area contributed by atoms with E-state index in [2.05, 4.69) is 12.1 Å². The van der Waals surface area contributed by atoms with Crippen LogP contribution < -0.4 is 0 Å². The van der Waals surface area contributed by atoms with Gasteiger partial charge in [0.15, 0.2) is 0 Å². The lowest BCUT2D eigenvalue weighted by Gasteiger charge is -2.55. The molecule has 3 atom stereocenters. The van der Waals surface area contributed by atoms with Crippen molar-refractivity contribution in [1.82, 2.24) is 0 Å². The highest BCUT2D eigenvalue weighted by Gasteiger charge is 2.51. The van der Waals surface area contributed by atoms with Gasteiger partial charge in [-0.05, 0) is 72.6 Å². The van der Waals surface area contributed by atoms with Gasteiger partial charge >= 0.3 is 0 Å². The van der Waals surface area contributed by atoms with Crippen LogP contribution in [0.3, 0.4) is 0 Å². The first-order valence-corrected chi connectivity index (χ1v) is 7.62. The normalized spacial score (nSPS) is 37.8. The van der Waals surface area contributed by atoms with Gasteiger partial charge in [-0.3, -0.25) is 0 Å². The molecule has 18 heavy (non-hydrogen) atoms. The molecule has 0 amide bonds. The van der Waals surface area contributed by atoms with Crippen LogP contribution >= 0.6 is 0 Å². The molecule has 2 fully saturated rings. The van der Waals surface area contributed by atoms with Gasteiger partial charge in [-0.15, -0.1) is 0 Å². The van der Waals surface area contributed by atoms with Crippen molar-refractivity contribution in [1.29, 1.82) is 0 Å². The Bertz CT molecular complexity index is 474. The first-order valence-electron chi connectivity index (χ1n) is 7.62. The second-order valence-electron chi connectivity index (χ2n) is 6.71. The minimum Gasteiger partial charge on any atom is -0.508 e. The van der Waals surface area contributed by atoms with Crippen LogP contribution in [0.1, 0.15) is 56.1 Å². The summed E-state index contributed by atoms with van der Waals surface area (Å²) in [5.41, 5.74) is 3.49. The van der Waals surface area contributed by atoms with Crippen LogP contribution in [0.4, 0.5) is 0 Å². The van der Waals surface area contributed by atoms with E-state index in [9.17, 15) is 5.11 Å². The van der Waals surface area contributed by atoms with E-state index in [4.69, 9.17) is 0 Å². The molecule has 1 nitrogen and oxygen atoms in total. The number of hydrogen-bond acceptors (Lipinski definition) is 1. The zero-order valence-electron chi connectivity index (χ0n) is 11.0. The monoisotopic (exact) mass is 242 g/mol. The molecule has 2 unspecified atom stereocenters. The fourth-order valence-corrected chi connectivity index (χ4v) is 5.35. The van der Waals surface area contributed by atoms with E-state index in [1.54, 1.807) is 0 Å². The minimum absolute atomic E-state index is 0.438. The van der Waals surface area contributed by atoms with Crippen LogP contribution in [-0.2, 0) is 11.8 Å². The number of rotatable bonds is 0. The average molecular weight is 242 g/mol. The second kappa shape index (κ2) is 3.76. The van der Waals surface area contributed by atoms with E-state index in [1.807, 2.05) is 6.07 Å². The third kappa shape index (κ3) is 1.34. The molecule has 4 rings (SSSR count). The predicted molar refractivity (Wildman–Crippen MR) is 72.8 cm³/mol. The molecule has 2 saturated carbocycles. The third-order valence-electron chi connectivity index (χ3n) is 5.98. The minimum atomic E-state index is 0.438. The molecule has 96 valence electrons. The van der Waals surface area contributed by atoms with Crippen molar-refractivity contribution in [2.45, 2.75) is 56.8 Å². The van der Waals surface area contributed by atoms with Gasteiger partial charge in [0.2, 0.25) is 0 Å². The Balaban J connectivity index is 1.91. The highest BCUT2D eigenvalue weighted by Crippen LogP contribution is 2.58. The second-order valence-corrected chi connectivity index (χ2v) is 6.71. The Hall–Kier alpha value is -0.980. The van der Waals surface area contributed by atoms with E-state index in [-0.39, 0.29) is 0 Å². The number of phenols is 1. The molecular formula is C17H22O. The summed E-state index contributed by atoms with van der Waals surface area (Å²) in [6.07, 6.45) is 11.1. The SMILES string of the molecule is Oc1ccc2c(c1)C13CCCCC1[C@H](CCC3)C2. The smallest absolute Gasteiger partial charge is 0.115 e. The summed E-state index contributed by atoms with van der Waals surface area (Å²) in [5.74, 6) is 2.31. The molecule has 0 saturated heterocycles. The van der Waals surface area contributed by atoms with Gasteiger partial charge in [-0.2, -0.15) is 0 Å². The van der Waals surface area contributed by atoms with Gasteiger partial charge in [0, 0.05) is 0 Å². The van der Waals surface area contributed by atoms with Gasteiger partial charge in [0.05, 0.1) is 0 Å². The molecule has 1 aromatic rings. The van der Waals surface area contributed by atoms with E-state index >= 15 is 0 Å². The van der Waals surface area contributed by atoms with Crippen molar-refractivity contribution in [3.05, 3.63) is 29.3 Å². The largest absolute Gasteiger partial charge is 0.508 e. The van der Waals surface area contributed by atoms with Gasteiger partial charge in [0.25, 0.3) is 0 Å². The fourth-order valence-electron chi connectivity index (χ4n) is 5.35. The number of hydrogen-bond donors (Lipinski definition) is 1. The molecule has 0 aliphatic heterocycles. The van der Waals surface area contributed by atoms with E-state index < -0.39 is 0 Å². The van der Waals surface area contributed by atoms with Crippen LogP contribution in [0.2, 0.25) is 0 Å². The molecule has 0 radical (unpaired) electrons. The lowest BCUT2D eigenvalue weighted by molar-refractivity contribution is 0.0521. The average Bonchev–Trinajstić information content (AvgIpc) is 2.40. The van der Waals surface area contributed by atoms with E-state index in [0.29, 0.717) is 11.2 Å². The fraction of sp³-hybridized carbons (Fsp3) is 0.647. The van der Waals surface area contributed by atoms with Crippen molar-refractivity contribution in [2.24, 2.45) is 11.8 Å². The molecular weight excluding hydrogens is 220 g/mol. The van der Waals surface area contributed by atoms with Gasteiger partial charge < -0.3 is 5.11 Å². The standard InChI is InChI=1S/C17H22O/c18-14-7-6-13-10-12-4-3-9-17(16(13)11-14)8-2-1-5-15(12)17/h6-7,11-12,15,18H,1-5,8-10H2/t12-,15?,17?/m1/s1. The number of fused-ring (bicyclic) bond motifs is 1. The van der Waals surface area contributed by atoms with E-state index in [1.165, 1.54) is 62.5 Å².